The molecule has 3 N–H and O–H groups in total. The number of aliphatic imine (C=N–C) groups is 1. The third kappa shape index (κ3) is 5.22. The molecular weight excluding hydrogens is 320 g/mol. The van der Waals surface area contributed by atoms with Gasteiger partial charge in [0.05, 0.1) is 12.8 Å². The molecule has 3 unspecified atom stereocenters. The number of hydrogen-bond donors (Lipinski definition) is 3. The van der Waals surface area contributed by atoms with Crippen LogP contribution in [0.4, 0.5) is 0 Å². The third-order valence-corrected chi connectivity index (χ3v) is 4.68. The van der Waals surface area contributed by atoms with Crippen molar-refractivity contribution in [2.75, 3.05) is 27.7 Å². The Hall–Kier alpha value is -2.02. The standard InChI is InChI=1S/C18H30N4O3/c1-18(24,15-9-6-10-25-15)12-20-17(19-2)21-14-8-5-7-13(11-14)16(23)22(3)4/h6,9-10,13-14,24H,5,7-8,11-12H2,1-4H3,(H2,19,20,21). The highest BCUT2D eigenvalue weighted by Crippen LogP contribution is 2.25. The molecule has 25 heavy (non-hydrogen) atoms. The first-order valence-corrected chi connectivity index (χ1v) is 8.78. The lowest BCUT2D eigenvalue weighted by Crippen LogP contribution is -2.49. The maximum Gasteiger partial charge on any atom is 0.225 e. The minimum atomic E-state index is -1.13. The van der Waals surface area contributed by atoms with Crippen molar-refractivity contribution in [3.63, 3.8) is 0 Å². The van der Waals surface area contributed by atoms with Crippen molar-refractivity contribution in [1.29, 1.82) is 0 Å². The van der Waals surface area contributed by atoms with Crippen LogP contribution in [0.3, 0.4) is 0 Å². The number of amides is 1. The van der Waals surface area contributed by atoms with E-state index in [9.17, 15) is 9.90 Å². The summed E-state index contributed by atoms with van der Waals surface area (Å²) in [6.45, 7) is 1.96. The highest BCUT2D eigenvalue weighted by Gasteiger charge is 2.30. The molecule has 1 aromatic rings. The number of hydrogen-bond acceptors (Lipinski definition) is 4. The maximum absolute atomic E-state index is 12.2. The average Bonchev–Trinajstić information content (AvgIpc) is 3.13. The smallest absolute Gasteiger partial charge is 0.225 e. The molecule has 7 heteroatoms. The van der Waals surface area contributed by atoms with E-state index < -0.39 is 5.60 Å². The number of guanidine groups is 1. The van der Waals surface area contributed by atoms with Gasteiger partial charge >= 0.3 is 0 Å². The highest BCUT2D eigenvalue weighted by molar-refractivity contribution is 5.81. The topological polar surface area (TPSA) is 90.1 Å². The first kappa shape index (κ1) is 19.3. The van der Waals surface area contributed by atoms with Crippen LogP contribution < -0.4 is 10.6 Å². The van der Waals surface area contributed by atoms with Gasteiger partial charge in [-0.05, 0) is 38.3 Å². The van der Waals surface area contributed by atoms with Crippen LogP contribution in [0, 0.1) is 5.92 Å². The summed E-state index contributed by atoms with van der Waals surface area (Å²) >= 11 is 0. The zero-order valence-electron chi connectivity index (χ0n) is 15.6. The molecule has 1 saturated carbocycles. The first-order chi connectivity index (χ1) is 11.8. The van der Waals surface area contributed by atoms with E-state index in [4.69, 9.17) is 4.42 Å². The summed E-state index contributed by atoms with van der Waals surface area (Å²) in [7, 11) is 5.30. The molecular formula is C18H30N4O3. The molecule has 0 aliphatic heterocycles. The summed E-state index contributed by atoms with van der Waals surface area (Å²) in [4.78, 5) is 18.1. The fraction of sp³-hybridized carbons (Fsp3) is 0.667. The Morgan fingerprint density at radius 1 is 1.48 bits per heavy atom. The second-order valence-corrected chi connectivity index (χ2v) is 7.11. The van der Waals surface area contributed by atoms with Crippen molar-refractivity contribution in [2.24, 2.45) is 10.9 Å². The molecule has 1 heterocycles. The maximum atomic E-state index is 12.2. The molecule has 0 bridgehead atoms. The van der Waals surface area contributed by atoms with Crippen LogP contribution >= 0.6 is 0 Å². The molecule has 1 fully saturated rings. The number of carbonyl (C=O) groups excluding carboxylic acids is 1. The van der Waals surface area contributed by atoms with Gasteiger partial charge < -0.3 is 25.1 Å². The summed E-state index contributed by atoms with van der Waals surface area (Å²) in [5.41, 5.74) is -1.13. The molecule has 1 amide bonds. The molecule has 1 aromatic heterocycles. The fourth-order valence-corrected chi connectivity index (χ4v) is 3.23. The zero-order chi connectivity index (χ0) is 18.4. The van der Waals surface area contributed by atoms with Gasteiger partial charge in [0.15, 0.2) is 5.96 Å². The molecule has 1 aliphatic carbocycles. The largest absolute Gasteiger partial charge is 0.466 e. The average molecular weight is 350 g/mol. The summed E-state index contributed by atoms with van der Waals surface area (Å²) in [6.07, 6.45) is 5.30. The van der Waals surface area contributed by atoms with E-state index in [-0.39, 0.29) is 24.4 Å². The zero-order valence-corrected chi connectivity index (χ0v) is 15.6. The van der Waals surface area contributed by atoms with Crippen molar-refractivity contribution in [3.05, 3.63) is 24.2 Å². The van der Waals surface area contributed by atoms with Gasteiger partial charge in [-0.15, -0.1) is 0 Å². The highest BCUT2D eigenvalue weighted by atomic mass is 16.4. The van der Waals surface area contributed by atoms with Crippen LogP contribution in [0.1, 0.15) is 38.4 Å². The fourth-order valence-electron chi connectivity index (χ4n) is 3.23. The molecule has 140 valence electrons. The SMILES string of the molecule is CN=C(NCC(C)(O)c1ccco1)NC1CCCC(C(=O)N(C)C)C1. The van der Waals surface area contributed by atoms with E-state index in [2.05, 4.69) is 15.6 Å². The Morgan fingerprint density at radius 2 is 2.24 bits per heavy atom. The van der Waals surface area contributed by atoms with Crippen molar-refractivity contribution < 1.29 is 14.3 Å². The Labute approximate surface area is 149 Å². The van der Waals surface area contributed by atoms with Crippen LogP contribution in [-0.4, -0.2) is 55.6 Å². The van der Waals surface area contributed by atoms with Gasteiger partial charge in [-0.2, -0.15) is 0 Å². The van der Waals surface area contributed by atoms with Crippen molar-refractivity contribution in [1.82, 2.24) is 15.5 Å². The Morgan fingerprint density at radius 3 is 2.84 bits per heavy atom. The first-order valence-electron chi connectivity index (χ1n) is 8.78. The van der Waals surface area contributed by atoms with Gasteiger partial charge in [-0.1, -0.05) is 6.42 Å². The Kier molecular flexibility index (Phi) is 6.47. The lowest BCUT2D eigenvalue weighted by atomic mass is 9.85. The quantitative estimate of drug-likeness (QED) is 0.550. The molecule has 0 aromatic carbocycles. The molecule has 0 spiro atoms. The number of nitrogens with zero attached hydrogens (tertiary/aromatic N) is 2. The van der Waals surface area contributed by atoms with Gasteiger partial charge in [0.1, 0.15) is 11.4 Å². The lowest BCUT2D eigenvalue weighted by molar-refractivity contribution is -0.134. The minimum Gasteiger partial charge on any atom is -0.466 e. The minimum absolute atomic E-state index is 0.0607. The molecule has 7 nitrogen and oxygen atoms in total. The van der Waals surface area contributed by atoms with Gasteiger partial charge in [0.2, 0.25) is 5.91 Å². The summed E-state index contributed by atoms with van der Waals surface area (Å²) < 4.78 is 5.28. The molecule has 3 atom stereocenters. The Bertz CT molecular complexity index is 581. The van der Waals surface area contributed by atoms with E-state index in [1.807, 2.05) is 0 Å². The van der Waals surface area contributed by atoms with Gasteiger partial charge in [0.25, 0.3) is 0 Å². The second kappa shape index (κ2) is 8.38. The van der Waals surface area contributed by atoms with Crippen LogP contribution in [0.15, 0.2) is 27.8 Å². The number of furan rings is 1. The second-order valence-electron chi connectivity index (χ2n) is 7.11. The number of nitrogens with one attached hydrogen (secondary N) is 2. The molecule has 0 saturated heterocycles. The van der Waals surface area contributed by atoms with E-state index in [0.717, 1.165) is 25.7 Å². The van der Waals surface area contributed by atoms with Crippen LogP contribution in [0.2, 0.25) is 0 Å². The summed E-state index contributed by atoms with van der Waals surface area (Å²) in [6, 6.07) is 3.69. The molecule has 0 radical (unpaired) electrons. The van der Waals surface area contributed by atoms with E-state index in [1.54, 1.807) is 51.4 Å². The third-order valence-electron chi connectivity index (χ3n) is 4.68. The summed E-state index contributed by atoms with van der Waals surface area (Å²) in [5, 5.41) is 17.0. The van der Waals surface area contributed by atoms with Crippen LogP contribution in [0.25, 0.3) is 0 Å². The van der Waals surface area contributed by atoms with Gasteiger partial charge in [-0.25, -0.2) is 0 Å². The van der Waals surface area contributed by atoms with Gasteiger partial charge in [-0.3, -0.25) is 9.79 Å². The monoisotopic (exact) mass is 350 g/mol. The van der Waals surface area contributed by atoms with Crippen LogP contribution in [0.5, 0.6) is 0 Å². The number of carbonyl (C=O) groups is 1. The number of aliphatic hydroxyl groups is 1. The molecule has 1 aliphatic rings. The Balaban J connectivity index is 1.88. The van der Waals surface area contributed by atoms with Crippen molar-refractivity contribution in [2.45, 2.75) is 44.2 Å². The van der Waals surface area contributed by atoms with E-state index >= 15 is 0 Å². The van der Waals surface area contributed by atoms with E-state index in [1.165, 1.54) is 0 Å². The number of rotatable bonds is 5. The van der Waals surface area contributed by atoms with E-state index in [0.29, 0.717) is 11.7 Å². The van der Waals surface area contributed by atoms with Crippen molar-refractivity contribution in [3.8, 4) is 0 Å². The predicted molar refractivity (Wildman–Crippen MR) is 97.2 cm³/mol. The molecule has 2 rings (SSSR count). The van der Waals surface area contributed by atoms with Crippen molar-refractivity contribution >= 4 is 11.9 Å². The lowest BCUT2D eigenvalue weighted by Gasteiger charge is -2.32. The predicted octanol–water partition coefficient (Wildman–Crippen LogP) is 1.30. The summed E-state index contributed by atoms with van der Waals surface area (Å²) in [5.74, 6) is 1.38. The normalized spacial score (nSPS) is 23.6. The van der Waals surface area contributed by atoms with Crippen LogP contribution in [-0.2, 0) is 10.4 Å². The van der Waals surface area contributed by atoms with Gasteiger partial charge in [0, 0.05) is 33.1 Å².